The Hall–Kier alpha value is -1.80. The molecule has 2 nitrogen and oxygen atoms in total. The third-order valence-electron chi connectivity index (χ3n) is 4.68. The standard InChI is InChI=1S/C19H21NO/c1-13-6-7-19-15(8-13)10-17(21-19)12-20-11-16-9-14-4-2-3-5-18(14)16/h2-8,16-17,20H,9-12H2,1H3. The molecule has 1 aliphatic carbocycles. The summed E-state index contributed by atoms with van der Waals surface area (Å²) in [6.45, 7) is 4.14. The lowest BCUT2D eigenvalue weighted by Gasteiger charge is -2.30. The van der Waals surface area contributed by atoms with Gasteiger partial charge in [-0.3, -0.25) is 0 Å². The SMILES string of the molecule is Cc1ccc2c(c1)CC(CNCC1Cc3ccccc31)O2. The lowest BCUT2D eigenvalue weighted by molar-refractivity contribution is 0.226. The van der Waals surface area contributed by atoms with Gasteiger partial charge in [0, 0.05) is 25.4 Å². The van der Waals surface area contributed by atoms with Crippen molar-refractivity contribution >= 4 is 0 Å². The second kappa shape index (κ2) is 5.19. The molecule has 0 aromatic heterocycles. The van der Waals surface area contributed by atoms with Gasteiger partial charge in [-0.2, -0.15) is 0 Å². The molecule has 0 spiro atoms. The molecule has 2 aromatic carbocycles. The summed E-state index contributed by atoms with van der Waals surface area (Å²) in [7, 11) is 0. The number of nitrogens with one attached hydrogen (secondary N) is 1. The fourth-order valence-electron chi connectivity index (χ4n) is 3.53. The lowest BCUT2D eigenvalue weighted by atomic mass is 9.77. The fraction of sp³-hybridized carbons (Fsp3) is 0.368. The summed E-state index contributed by atoms with van der Waals surface area (Å²) in [4.78, 5) is 0. The zero-order chi connectivity index (χ0) is 14.2. The molecule has 2 atom stereocenters. The summed E-state index contributed by atoms with van der Waals surface area (Å²) >= 11 is 0. The van der Waals surface area contributed by atoms with Crippen molar-refractivity contribution < 1.29 is 4.74 Å². The van der Waals surface area contributed by atoms with E-state index in [0.29, 0.717) is 5.92 Å². The van der Waals surface area contributed by atoms with E-state index in [1.54, 1.807) is 0 Å². The number of benzene rings is 2. The van der Waals surface area contributed by atoms with Crippen molar-refractivity contribution in [2.75, 3.05) is 13.1 Å². The molecule has 0 fully saturated rings. The molecule has 21 heavy (non-hydrogen) atoms. The van der Waals surface area contributed by atoms with E-state index in [2.05, 4.69) is 54.7 Å². The maximum atomic E-state index is 6.00. The van der Waals surface area contributed by atoms with Crippen LogP contribution in [-0.2, 0) is 12.8 Å². The quantitative estimate of drug-likeness (QED) is 0.928. The second-order valence-electron chi connectivity index (χ2n) is 6.31. The molecule has 4 rings (SSSR count). The van der Waals surface area contributed by atoms with Gasteiger partial charge in [0.1, 0.15) is 11.9 Å². The Bertz CT molecular complexity index is 664. The third kappa shape index (κ3) is 2.44. The van der Waals surface area contributed by atoms with Gasteiger partial charge in [0.05, 0.1) is 0 Å². The van der Waals surface area contributed by atoms with Gasteiger partial charge < -0.3 is 10.1 Å². The summed E-state index contributed by atoms with van der Waals surface area (Å²) < 4.78 is 6.00. The van der Waals surface area contributed by atoms with Crippen LogP contribution < -0.4 is 10.1 Å². The molecule has 2 heteroatoms. The van der Waals surface area contributed by atoms with Crippen molar-refractivity contribution in [1.82, 2.24) is 5.32 Å². The topological polar surface area (TPSA) is 21.3 Å². The molecule has 2 aromatic rings. The van der Waals surface area contributed by atoms with Crippen molar-refractivity contribution in [2.45, 2.75) is 31.8 Å². The monoisotopic (exact) mass is 279 g/mol. The maximum Gasteiger partial charge on any atom is 0.123 e. The van der Waals surface area contributed by atoms with Crippen LogP contribution in [0, 0.1) is 6.92 Å². The molecule has 0 amide bonds. The molecular weight excluding hydrogens is 258 g/mol. The van der Waals surface area contributed by atoms with Gasteiger partial charge in [0.2, 0.25) is 0 Å². The van der Waals surface area contributed by atoms with Gasteiger partial charge in [-0.15, -0.1) is 0 Å². The average molecular weight is 279 g/mol. The smallest absolute Gasteiger partial charge is 0.123 e. The predicted molar refractivity (Wildman–Crippen MR) is 85.1 cm³/mol. The van der Waals surface area contributed by atoms with E-state index in [0.717, 1.165) is 25.3 Å². The minimum absolute atomic E-state index is 0.289. The summed E-state index contributed by atoms with van der Waals surface area (Å²) in [5.74, 6) is 1.76. The zero-order valence-electron chi connectivity index (χ0n) is 12.4. The van der Waals surface area contributed by atoms with Gasteiger partial charge in [0.15, 0.2) is 0 Å². The van der Waals surface area contributed by atoms with Crippen molar-refractivity contribution in [3.63, 3.8) is 0 Å². The largest absolute Gasteiger partial charge is 0.488 e. The van der Waals surface area contributed by atoms with E-state index in [-0.39, 0.29) is 6.10 Å². The van der Waals surface area contributed by atoms with Crippen LogP contribution in [0.15, 0.2) is 42.5 Å². The highest BCUT2D eigenvalue weighted by molar-refractivity contribution is 5.41. The van der Waals surface area contributed by atoms with Crippen LogP contribution in [0.25, 0.3) is 0 Å². The molecule has 2 unspecified atom stereocenters. The zero-order valence-corrected chi connectivity index (χ0v) is 12.4. The molecule has 1 aliphatic heterocycles. The van der Waals surface area contributed by atoms with Crippen LogP contribution in [0.5, 0.6) is 5.75 Å². The molecule has 0 bridgehead atoms. The molecular formula is C19H21NO. The first-order valence-corrected chi connectivity index (χ1v) is 7.84. The first-order valence-electron chi connectivity index (χ1n) is 7.84. The summed E-state index contributed by atoms with van der Waals surface area (Å²) in [5.41, 5.74) is 5.72. The lowest BCUT2D eigenvalue weighted by Crippen LogP contribution is -2.35. The molecule has 2 aliphatic rings. The first kappa shape index (κ1) is 12.9. The van der Waals surface area contributed by atoms with Crippen LogP contribution in [0.3, 0.4) is 0 Å². The van der Waals surface area contributed by atoms with Crippen LogP contribution in [0.4, 0.5) is 0 Å². The molecule has 0 saturated heterocycles. The number of fused-ring (bicyclic) bond motifs is 2. The Kier molecular flexibility index (Phi) is 3.19. The first-order chi connectivity index (χ1) is 10.3. The number of aryl methyl sites for hydroxylation is 1. The number of rotatable bonds is 4. The van der Waals surface area contributed by atoms with Crippen LogP contribution in [0.1, 0.15) is 28.2 Å². The van der Waals surface area contributed by atoms with Gasteiger partial charge in [-0.25, -0.2) is 0 Å². The third-order valence-corrected chi connectivity index (χ3v) is 4.68. The van der Waals surface area contributed by atoms with Crippen LogP contribution >= 0.6 is 0 Å². The molecule has 0 saturated carbocycles. The van der Waals surface area contributed by atoms with Crippen molar-refractivity contribution in [3.8, 4) is 5.75 Å². The number of hydrogen-bond acceptors (Lipinski definition) is 2. The Labute approximate surface area is 126 Å². The van der Waals surface area contributed by atoms with E-state index >= 15 is 0 Å². The number of ether oxygens (including phenoxy) is 1. The Balaban J connectivity index is 1.28. The van der Waals surface area contributed by atoms with E-state index in [9.17, 15) is 0 Å². The minimum Gasteiger partial charge on any atom is -0.488 e. The van der Waals surface area contributed by atoms with Crippen LogP contribution in [-0.4, -0.2) is 19.2 Å². The molecule has 1 N–H and O–H groups in total. The summed E-state index contributed by atoms with van der Waals surface area (Å²) in [6, 6.07) is 15.3. The maximum absolute atomic E-state index is 6.00. The summed E-state index contributed by atoms with van der Waals surface area (Å²) in [5, 5.41) is 3.59. The average Bonchev–Trinajstić information content (AvgIpc) is 2.85. The normalized spacial score (nSPS) is 22.1. The number of hydrogen-bond donors (Lipinski definition) is 1. The predicted octanol–water partition coefficient (Wildman–Crippen LogP) is 3.23. The molecule has 0 radical (unpaired) electrons. The van der Waals surface area contributed by atoms with Crippen molar-refractivity contribution in [1.29, 1.82) is 0 Å². The highest BCUT2D eigenvalue weighted by Crippen LogP contribution is 2.34. The molecule has 1 heterocycles. The van der Waals surface area contributed by atoms with E-state index < -0.39 is 0 Å². The highest BCUT2D eigenvalue weighted by atomic mass is 16.5. The summed E-state index contributed by atoms with van der Waals surface area (Å²) in [6.07, 6.45) is 2.54. The highest BCUT2D eigenvalue weighted by Gasteiger charge is 2.26. The molecule has 108 valence electrons. The van der Waals surface area contributed by atoms with Crippen molar-refractivity contribution in [2.24, 2.45) is 0 Å². The Morgan fingerprint density at radius 3 is 2.86 bits per heavy atom. The Morgan fingerprint density at radius 2 is 1.95 bits per heavy atom. The van der Waals surface area contributed by atoms with Crippen LogP contribution in [0.2, 0.25) is 0 Å². The van der Waals surface area contributed by atoms with E-state index in [1.807, 2.05) is 0 Å². The minimum atomic E-state index is 0.289. The van der Waals surface area contributed by atoms with Gasteiger partial charge in [-0.05, 0) is 36.1 Å². The van der Waals surface area contributed by atoms with E-state index in [1.165, 1.54) is 28.7 Å². The van der Waals surface area contributed by atoms with Gasteiger partial charge in [-0.1, -0.05) is 42.0 Å². The van der Waals surface area contributed by atoms with E-state index in [4.69, 9.17) is 4.74 Å². The second-order valence-corrected chi connectivity index (χ2v) is 6.31. The van der Waals surface area contributed by atoms with Gasteiger partial charge in [0.25, 0.3) is 0 Å². The fourth-order valence-corrected chi connectivity index (χ4v) is 3.53. The van der Waals surface area contributed by atoms with Crippen molar-refractivity contribution in [3.05, 3.63) is 64.7 Å². The van der Waals surface area contributed by atoms with Gasteiger partial charge >= 0.3 is 0 Å². The Morgan fingerprint density at radius 1 is 1.05 bits per heavy atom.